The van der Waals surface area contributed by atoms with Gasteiger partial charge in [-0.2, -0.15) is 0 Å². The fourth-order valence-corrected chi connectivity index (χ4v) is 2.50. The molecule has 2 aromatic heterocycles. The highest BCUT2D eigenvalue weighted by Gasteiger charge is 2.21. The summed E-state index contributed by atoms with van der Waals surface area (Å²) in [6.07, 6.45) is 3.34. The van der Waals surface area contributed by atoms with E-state index in [-0.39, 0.29) is 5.91 Å². The number of anilines is 3. The molecule has 4 nitrogen and oxygen atoms in total. The Morgan fingerprint density at radius 3 is 3.06 bits per heavy atom. The molecule has 1 aliphatic heterocycles. The summed E-state index contributed by atoms with van der Waals surface area (Å²) in [4.78, 5) is 17.0. The lowest BCUT2D eigenvalue weighted by Gasteiger charge is -2.06. The quantitative estimate of drug-likeness (QED) is 0.733. The van der Waals surface area contributed by atoms with Gasteiger partial charge in [-0.15, -0.1) is 11.3 Å². The number of aryl methyl sites for hydroxylation is 1. The van der Waals surface area contributed by atoms with Crippen LogP contribution >= 0.6 is 11.3 Å². The van der Waals surface area contributed by atoms with E-state index in [2.05, 4.69) is 15.6 Å². The molecule has 0 fully saturated rings. The Bertz CT molecular complexity index is 576. The molecule has 0 saturated carbocycles. The molecule has 1 aliphatic rings. The summed E-state index contributed by atoms with van der Waals surface area (Å²) >= 11 is 1.57. The first-order valence-corrected chi connectivity index (χ1v) is 5.74. The molecule has 0 spiro atoms. The van der Waals surface area contributed by atoms with Gasteiger partial charge in [0.25, 0.3) is 5.91 Å². The van der Waals surface area contributed by atoms with Crippen molar-refractivity contribution in [1.82, 2.24) is 4.98 Å². The van der Waals surface area contributed by atoms with Gasteiger partial charge in [0.1, 0.15) is 0 Å². The van der Waals surface area contributed by atoms with Crippen LogP contribution in [0.3, 0.4) is 0 Å². The highest BCUT2D eigenvalue weighted by molar-refractivity contribution is 7.10. The fourth-order valence-electron chi connectivity index (χ4n) is 1.70. The first kappa shape index (κ1) is 9.35. The van der Waals surface area contributed by atoms with Crippen molar-refractivity contribution in [2.75, 3.05) is 10.6 Å². The first-order valence-electron chi connectivity index (χ1n) is 4.86. The van der Waals surface area contributed by atoms with Crippen molar-refractivity contribution in [3.8, 4) is 0 Å². The lowest BCUT2D eigenvalue weighted by molar-refractivity contribution is 0.102. The van der Waals surface area contributed by atoms with Crippen LogP contribution in [0.5, 0.6) is 0 Å². The minimum absolute atomic E-state index is 0.0846. The Balaban J connectivity index is 2.20. The molecule has 0 bridgehead atoms. The monoisotopic (exact) mass is 231 g/mol. The molecule has 0 unspecified atom stereocenters. The summed E-state index contributed by atoms with van der Waals surface area (Å²) in [5.74, 6) is -0.0846. The molecule has 1 amide bonds. The molecule has 0 radical (unpaired) electrons. The lowest BCUT2D eigenvalue weighted by atomic mass is 10.2. The van der Waals surface area contributed by atoms with Gasteiger partial charge in [-0.3, -0.25) is 9.78 Å². The Kier molecular flexibility index (Phi) is 1.94. The molecule has 3 rings (SSSR count). The van der Waals surface area contributed by atoms with Crippen molar-refractivity contribution in [2.24, 2.45) is 0 Å². The van der Waals surface area contributed by atoms with E-state index >= 15 is 0 Å². The summed E-state index contributed by atoms with van der Waals surface area (Å²) in [6, 6.07) is 1.85. The van der Waals surface area contributed by atoms with Crippen molar-refractivity contribution in [3.05, 3.63) is 34.3 Å². The third-order valence-electron chi connectivity index (χ3n) is 2.55. The zero-order valence-corrected chi connectivity index (χ0v) is 9.39. The molecule has 3 heterocycles. The molecular weight excluding hydrogens is 222 g/mol. The minimum Gasteiger partial charge on any atom is -0.352 e. The average Bonchev–Trinajstić information content (AvgIpc) is 2.57. The second-order valence-corrected chi connectivity index (χ2v) is 4.66. The van der Waals surface area contributed by atoms with Crippen LogP contribution in [0.15, 0.2) is 23.8 Å². The van der Waals surface area contributed by atoms with Gasteiger partial charge in [-0.25, -0.2) is 0 Å². The molecule has 2 N–H and O–H groups in total. The number of aromatic nitrogens is 1. The number of hydrogen-bond acceptors (Lipinski definition) is 4. The van der Waals surface area contributed by atoms with Crippen molar-refractivity contribution in [1.29, 1.82) is 0 Å². The molecule has 0 aliphatic carbocycles. The van der Waals surface area contributed by atoms with E-state index in [4.69, 9.17) is 0 Å². The summed E-state index contributed by atoms with van der Waals surface area (Å²) in [7, 11) is 0. The smallest absolute Gasteiger partial charge is 0.258 e. The van der Waals surface area contributed by atoms with E-state index in [1.54, 1.807) is 23.7 Å². The van der Waals surface area contributed by atoms with E-state index < -0.39 is 0 Å². The zero-order valence-electron chi connectivity index (χ0n) is 8.57. The van der Waals surface area contributed by atoms with E-state index in [1.807, 2.05) is 18.4 Å². The zero-order chi connectivity index (χ0) is 11.1. The molecule has 0 aromatic carbocycles. The highest BCUT2D eigenvalue weighted by Crippen LogP contribution is 2.36. The van der Waals surface area contributed by atoms with Crippen LogP contribution in [-0.4, -0.2) is 10.9 Å². The minimum atomic E-state index is -0.0846. The number of thiophene rings is 1. The number of carbonyl (C=O) groups is 1. The number of rotatable bonds is 0. The van der Waals surface area contributed by atoms with Gasteiger partial charge in [0.05, 0.1) is 28.8 Å². The Morgan fingerprint density at radius 1 is 1.31 bits per heavy atom. The fraction of sp³-hybridized carbons (Fsp3) is 0.0909. The summed E-state index contributed by atoms with van der Waals surface area (Å²) in [5.41, 5.74) is 3.18. The number of pyridine rings is 1. The number of nitrogens with zero attached hydrogens (tertiary/aromatic N) is 1. The predicted molar refractivity (Wildman–Crippen MR) is 64.5 cm³/mol. The van der Waals surface area contributed by atoms with Crippen molar-refractivity contribution in [3.63, 3.8) is 0 Å². The molecule has 0 saturated heterocycles. The van der Waals surface area contributed by atoms with E-state index in [1.165, 1.54) is 0 Å². The average molecular weight is 231 g/mol. The van der Waals surface area contributed by atoms with Gasteiger partial charge in [0.2, 0.25) is 0 Å². The van der Waals surface area contributed by atoms with Crippen molar-refractivity contribution >= 4 is 34.3 Å². The highest BCUT2D eigenvalue weighted by atomic mass is 32.1. The van der Waals surface area contributed by atoms with Crippen molar-refractivity contribution in [2.45, 2.75) is 6.92 Å². The summed E-state index contributed by atoms with van der Waals surface area (Å²) in [6.45, 7) is 2.00. The molecule has 5 heteroatoms. The maximum atomic E-state index is 11.9. The van der Waals surface area contributed by atoms with Crippen LogP contribution in [-0.2, 0) is 0 Å². The SMILES string of the molecule is Cc1scc2c1Nc1ccncc1NC2=O. The summed E-state index contributed by atoms with van der Waals surface area (Å²) < 4.78 is 0. The molecule has 80 valence electrons. The number of carbonyl (C=O) groups excluding carboxylic acids is 1. The predicted octanol–water partition coefficient (Wildman–Crippen LogP) is 2.76. The van der Waals surface area contributed by atoms with Gasteiger partial charge >= 0.3 is 0 Å². The second kappa shape index (κ2) is 3.31. The normalized spacial score (nSPS) is 13.2. The maximum Gasteiger partial charge on any atom is 0.258 e. The van der Waals surface area contributed by atoms with Gasteiger partial charge in [0.15, 0.2) is 0 Å². The standard InChI is InChI=1S/C11H9N3OS/c1-6-10-7(5-16-6)11(15)14-9-4-12-3-2-8(9)13-10/h2-5,13H,1H3,(H,14,15). The topological polar surface area (TPSA) is 54.0 Å². The van der Waals surface area contributed by atoms with Gasteiger partial charge in [-0.05, 0) is 13.0 Å². The van der Waals surface area contributed by atoms with Crippen LogP contribution in [0.4, 0.5) is 17.1 Å². The number of nitrogens with one attached hydrogen (secondary N) is 2. The van der Waals surface area contributed by atoms with Gasteiger partial charge in [-0.1, -0.05) is 0 Å². The maximum absolute atomic E-state index is 11.9. The number of fused-ring (bicyclic) bond motifs is 2. The summed E-state index contributed by atoms with van der Waals surface area (Å²) in [5, 5.41) is 7.97. The molecule has 2 aromatic rings. The third-order valence-corrected chi connectivity index (χ3v) is 3.46. The van der Waals surface area contributed by atoms with Gasteiger partial charge in [0, 0.05) is 16.5 Å². The first-order chi connectivity index (χ1) is 7.75. The van der Waals surface area contributed by atoms with Crippen LogP contribution in [0, 0.1) is 6.92 Å². The van der Waals surface area contributed by atoms with Crippen LogP contribution < -0.4 is 10.6 Å². The number of hydrogen-bond donors (Lipinski definition) is 2. The van der Waals surface area contributed by atoms with Crippen LogP contribution in [0.1, 0.15) is 15.2 Å². The molecule has 16 heavy (non-hydrogen) atoms. The van der Waals surface area contributed by atoms with Gasteiger partial charge < -0.3 is 10.6 Å². The van der Waals surface area contributed by atoms with Crippen LogP contribution in [0.25, 0.3) is 0 Å². The molecule has 0 atom stereocenters. The number of amides is 1. The lowest BCUT2D eigenvalue weighted by Crippen LogP contribution is -2.09. The van der Waals surface area contributed by atoms with E-state index in [0.29, 0.717) is 11.3 Å². The Hall–Kier alpha value is -1.88. The van der Waals surface area contributed by atoms with Crippen molar-refractivity contribution < 1.29 is 4.79 Å². The largest absolute Gasteiger partial charge is 0.352 e. The van der Waals surface area contributed by atoms with E-state index in [0.717, 1.165) is 16.3 Å². The van der Waals surface area contributed by atoms with Crippen LogP contribution in [0.2, 0.25) is 0 Å². The molecular formula is C11H9N3OS. The van der Waals surface area contributed by atoms with E-state index in [9.17, 15) is 4.79 Å². The second-order valence-electron chi connectivity index (χ2n) is 3.58. The Labute approximate surface area is 96.3 Å². The third kappa shape index (κ3) is 1.29. The Morgan fingerprint density at radius 2 is 2.19 bits per heavy atom.